The number of β-amino-alcohol motifs (C(OH)–C–C–N with tert-alkyl or cyclic N) is 1. The van der Waals surface area contributed by atoms with E-state index in [0.717, 1.165) is 16.7 Å². The fourth-order valence-corrected chi connectivity index (χ4v) is 5.02. The maximum atomic E-state index is 13.0. The quantitative estimate of drug-likeness (QED) is 0.106. The minimum atomic E-state index is -3.59. The molecule has 0 radical (unpaired) electrons. The van der Waals surface area contributed by atoms with Crippen molar-refractivity contribution < 1.29 is 27.8 Å². The van der Waals surface area contributed by atoms with Gasteiger partial charge < -0.3 is 20.8 Å². The van der Waals surface area contributed by atoms with Gasteiger partial charge in [0.2, 0.25) is 15.9 Å². The van der Waals surface area contributed by atoms with E-state index in [1.807, 2.05) is 38.1 Å². The Morgan fingerprint density at radius 2 is 1.72 bits per heavy atom. The molecule has 210 valence electrons. The SMILES string of the molecule is CC(C)(Cc1cccc(CC(=O)NCc2ccc(F)cc2)c1)NC[C@H](O)c1ccc(O)c(NS(=O)(=O)CI)c1. The van der Waals surface area contributed by atoms with Crippen LogP contribution in [0, 0.1) is 5.82 Å². The fourth-order valence-electron chi connectivity index (χ4n) is 4.00. The Morgan fingerprint density at radius 1 is 1.03 bits per heavy atom. The molecule has 0 fully saturated rings. The lowest BCUT2D eigenvalue weighted by atomic mass is 9.93. The number of anilines is 1. The summed E-state index contributed by atoms with van der Waals surface area (Å²) in [4.78, 5) is 12.4. The lowest BCUT2D eigenvalue weighted by Crippen LogP contribution is -2.43. The van der Waals surface area contributed by atoms with Crippen molar-refractivity contribution in [2.75, 3.05) is 15.0 Å². The van der Waals surface area contributed by atoms with Gasteiger partial charge in [-0.1, -0.05) is 65.1 Å². The van der Waals surface area contributed by atoms with Crippen molar-refractivity contribution in [2.45, 2.75) is 44.9 Å². The number of aliphatic hydroxyl groups is 1. The number of carbonyl (C=O) groups excluding carboxylic acids is 1. The standard InChI is InChI=1S/C28H33FIN3O5S/c1-28(2,32-17-26(35)22-8-11-25(34)24(14-22)33-39(37,38)18-30)15-21-5-3-4-20(12-21)13-27(36)31-16-19-6-9-23(29)10-7-19/h3-12,14,26,32-35H,13,15-18H2,1-2H3,(H,31,36)/t26-/m0/s1. The maximum absolute atomic E-state index is 13.0. The zero-order chi connectivity index (χ0) is 28.6. The average Bonchev–Trinajstić information content (AvgIpc) is 2.88. The van der Waals surface area contributed by atoms with Crippen molar-refractivity contribution in [2.24, 2.45) is 0 Å². The highest BCUT2D eigenvalue weighted by atomic mass is 127. The molecule has 8 nitrogen and oxygen atoms in total. The van der Waals surface area contributed by atoms with Crippen molar-refractivity contribution in [3.8, 4) is 5.75 Å². The fraction of sp³-hybridized carbons (Fsp3) is 0.321. The summed E-state index contributed by atoms with van der Waals surface area (Å²) in [6.45, 7) is 4.52. The number of halogens is 2. The van der Waals surface area contributed by atoms with E-state index in [1.54, 1.807) is 40.8 Å². The topological polar surface area (TPSA) is 128 Å². The Balaban J connectivity index is 1.55. The van der Waals surface area contributed by atoms with Crippen LogP contribution in [0.15, 0.2) is 66.7 Å². The van der Waals surface area contributed by atoms with E-state index in [9.17, 15) is 27.8 Å². The molecule has 3 aromatic rings. The second-order valence-corrected chi connectivity index (χ2v) is 13.5. The van der Waals surface area contributed by atoms with Gasteiger partial charge in [-0.2, -0.15) is 0 Å². The first-order chi connectivity index (χ1) is 18.4. The third kappa shape index (κ3) is 10.1. The number of benzene rings is 3. The summed E-state index contributed by atoms with van der Waals surface area (Å²) >= 11 is 1.71. The lowest BCUT2D eigenvalue weighted by Gasteiger charge is -2.28. The number of rotatable bonds is 13. The van der Waals surface area contributed by atoms with Gasteiger partial charge >= 0.3 is 0 Å². The van der Waals surface area contributed by atoms with E-state index >= 15 is 0 Å². The molecule has 11 heteroatoms. The van der Waals surface area contributed by atoms with Gasteiger partial charge in [0, 0.05) is 18.6 Å². The molecule has 3 rings (SSSR count). The summed E-state index contributed by atoms with van der Waals surface area (Å²) < 4.78 is 39.0. The number of aliphatic hydroxyl groups excluding tert-OH is 1. The molecular formula is C28H33FIN3O5S. The predicted molar refractivity (Wildman–Crippen MR) is 159 cm³/mol. The number of aromatic hydroxyl groups is 1. The summed E-state index contributed by atoms with van der Waals surface area (Å²) in [5.74, 6) is -0.678. The third-order valence-corrected chi connectivity index (χ3v) is 9.27. The smallest absolute Gasteiger partial charge is 0.242 e. The van der Waals surface area contributed by atoms with Crippen LogP contribution in [0.5, 0.6) is 5.75 Å². The average molecular weight is 670 g/mol. The monoisotopic (exact) mass is 669 g/mol. The Labute approximate surface area is 242 Å². The molecule has 0 saturated heterocycles. The number of carbonyl (C=O) groups is 1. The number of sulfonamides is 1. The van der Waals surface area contributed by atoms with Gasteiger partial charge in [-0.05, 0) is 66.8 Å². The minimum absolute atomic E-state index is 0.0148. The molecule has 0 heterocycles. The van der Waals surface area contributed by atoms with E-state index in [2.05, 4.69) is 15.4 Å². The van der Waals surface area contributed by atoms with Crippen LogP contribution in [0.1, 0.15) is 42.2 Å². The van der Waals surface area contributed by atoms with Crippen molar-refractivity contribution >= 4 is 44.2 Å². The summed E-state index contributed by atoms with van der Waals surface area (Å²) in [7, 11) is -3.59. The van der Waals surface area contributed by atoms with Gasteiger partial charge in [0.05, 0.1) is 18.2 Å². The van der Waals surface area contributed by atoms with Gasteiger partial charge in [-0.15, -0.1) is 0 Å². The minimum Gasteiger partial charge on any atom is -0.506 e. The number of alkyl halides is 1. The number of nitrogens with one attached hydrogen (secondary N) is 3. The van der Waals surface area contributed by atoms with Gasteiger partial charge in [-0.25, -0.2) is 12.8 Å². The largest absolute Gasteiger partial charge is 0.506 e. The summed E-state index contributed by atoms with van der Waals surface area (Å²) in [5, 5.41) is 26.9. The van der Waals surface area contributed by atoms with E-state index in [-0.39, 0.29) is 39.9 Å². The molecule has 5 N–H and O–H groups in total. The predicted octanol–water partition coefficient (Wildman–Crippen LogP) is 4.17. The van der Waals surface area contributed by atoms with Crippen LogP contribution in [-0.2, 0) is 34.2 Å². The molecule has 0 aliphatic carbocycles. The van der Waals surface area contributed by atoms with E-state index in [4.69, 9.17) is 0 Å². The molecule has 0 aliphatic heterocycles. The van der Waals surface area contributed by atoms with Crippen LogP contribution < -0.4 is 15.4 Å². The molecule has 0 aliphatic rings. The lowest BCUT2D eigenvalue weighted by molar-refractivity contribution is -0.120. The van der Waals surface area contributed by atoms with Crippen molar-refractivity contribution in [3.63, 3.8) is 0 Å². The highest BCUT2D eigenvalue weighted by Crippen LogP contribution is 2.28. The number of phenolic OH excluding ortho intramolecular Hbond substituents is 1. The molecule has 1 amide bonds. The highest BCUT2D eigenvalue weighted by molar-refractivity contribution is 14.1. The number of amides is 1. The summed E-state index contributed by atoms with van der Waals surface area (Å²) in [6, 6.07) is 18.0. The van der Waals surface area contributed by atoms with Crippen LogP contribution in [-0.4, -0.2) is 40.4 Å². The first-order valence-electron chi connectivity index (χ1n) is 12.3. The van der Waals surface area contributed by atoms with Crippen LogP contribution >= 0.6 is 22.6 Å². The number of hydrogen-bond acceptors (Lipinski definition) is 6. The van der Waals surface area contributed by atoms with Crippen LogP contribution in [0.3, 0.4) is 0 Å². The summed E-state index contributed by atoms with van der Waals surface area (Å²) in [6.07, 6.45) is -0.100. The Morgan fingerprint density at radius 3 is 2.41 bits per heavy atom. The number of phenols is 1. The molecule has 0 saturated carbocycles. The van der Waals surface area contributed by atoms with Crippen molar-refractivity contribution in [3.05, 3.63) is 94.8 Å². The molecular weight excluding hydrogens is 636 g/mol. The van der Waals surface area contributed by atoms with Crippen molar-refractivity contribution in [1.82, 2.24) is 10.6 Å². The van der Waals surface area contributed by atoms with Crippen LogP contribution in [0.2, 0.25) is 0 Å². The first-order valence-corrected chi connectivity index (χ1v) is 15.4. The second-order valence-electron chi connectivity index (χ2n) is 9.96. The molecule has 0 aromatic heterocycles. The van der Waals surface area contributed by atoms with Gasteiger partial charge in [-0.3, -0.25) is 9.52 Å². The van der Waals surface area contributed by atoms with Gasteiger partial charge in [0.25, 0.3) is 0 Å². The van der Waals surface area contributed by atoms with Crippen LogP contribution in [0.25, 0.3) is 0 Å². The van der Waals surface area contributed by atoms with Crippen LogP contribution in [0.4, 0.5) is 10.1 Å². The number of hydrogen-bond donors (Lipinski definition) is 5. The summed E-state index contributed by atoms with van der Waals surface area (Å²) in [5.41, 5.74) is 2.76. The molecule has 0 unspecified atom stereocenters. The molecule has 0 bridgehead atoms. The maximum Gasteiger partial charge on any atom is 0.242 e. The highest BCUT2D eigenvalue weighted by Gasteiger charge is 2.21. The van der Waals surface area contributed by atoms with Gasteiger partial charge in [0.15, 0.2) is 0 Å². The van der Waals surface area contributed by atoms with E-state index in [0.29, 0.717) is 18.5 Å². The molecule has 0 spiro atoms. The second kappa shape index (κ2) is 13.6. The Bertz CT molecular complexity index is 1380. The zero-order valence-corrected chi connectivity index (χ0v) is 24.7. The Hall–Kier alpha value is -2.74. The van der Waals surface area contributed by atoms with Crippen molar-refractivity contribution in [1.29, 1.82) is 0 Å². The molecule has 1 atom stereocenters. The van der Waals surface area contributed by atoms with E-state index in [1.165, 1.54) is 24.3 Å². The van der Waals surface area contributed by atoms with E-state index < -0.39 is 21.7 Å². The first kappa shape index (κ1) is 30.8. The van der Waals surface area contributed by atoms with Gasteiger partial charge in [0.1, 0.15) is 15.3 Å². The molecule has 39 heavy (non-hydrogen) atoms. The third-order valence-electron chi connectivity index (χ3n) is 5.99. The molecule has 3 aromatic carbocycles. The zero-order valence-electron chi connectivity index (χ0n) is 21.7. The Kier molecular flexibility index (Phi) is 10.7. The normalized spacial score (nSPS) is 12.6.